The van der Waals surface area contributed by atoms with Gasteiger partial charge in [-0.2, -0.15) is 0 Å². The van der Waals surface area contributed by atoms with Gasteiger partial charge < -0.3 is 9.47 Å². The van der Waals surface area contributed by atoms with E-state index in [9.17, 15) is 4.79 Å². The van der Waals surface area contributed by atoms with E-state index in [1.165, 1.54) is 11.3 Å². The maximum Gasteiger partial charge on any atom is 0.274 e. The molecule has 0 aliphatic rings. The second kappa shape index (κ2) is 8.00. The van der Waals surface area contributed by atoms with Crippen molar-refractivity contribution < 1.29 is 9.47 Å². The zero-order chi connectivity index (χ0) is 20.3. The summed E-state index contributed by atoms with van der Waals surface area (Å²) in [6.45, 7) is 0.929. The zero-order valence-electron chi connectivity index (χ0n) is 16.0. The van der Waals surface area contributed by atoms with Crippen LogP contribution >= 0.6 is 11.3 Å². The van der Waals surface area contributed by atoms with Gasteiger partial charge in [-0.05, 0) is 48.0 Å². The standard InChI is InChI=1S/C24H18N2O3S/c27-23-22(30-24-25-20-8-4-5-9-21(20)26(23)24)16-17-10-12-19(13-11-17)29-15-14-28-18-6-2-1-3-7-18/h1-13,16H,14-15H2/b22-16+. The van der Waals surface area contributed by atoms with E-state index in [4.69, 9.17) is 9.47 Å². The van der Waals surface area contributed by atoms with E-state index in [1.54, 1.807) is 4.40 Å². The van der Waals surface area contributed by atoms with E-state index in [0.717, 1.165) is 28.1 Å². The maximum absolute atomic E-state index is 12.8. The first kappa shape index (κ1) is 18.4. The van der Waals surface area contributed by atoms with E-state index >= 15 is 0 Å². The molecule has 5 rings (SSSR count). The van der Waals surface area contributed by atoms with Crippen molar-refractivity contribution in [1.82, 2.24) is 9.38 Å². The van der Waals surface area contributed by atoms with Gasteiger partial charge in [0.2, 0.25) is 0 Å². The Balaban J connectivity index is 1.29. The van der Waals surface area contributed by atoms with Crippen LogP contribution in [0.1, 0.15) is 5.56 Å². The summed E-state index contributed by atoms with van der Waals surface area (Å²) in [7, 11) is 0. The monoisotopic (exact) mass is 414 g/mol. The Bertz CT molecular complexity index is 1410. The Morgan fingerprint density at radius 2 is 1.50 bits per heavy atom. The van der Waals surface area contributed by atoms with Gasteiger partial charge in [-0.1, -0.05) is 53.8 Å². The van der Waals surface area contributed by atoms with Crippen molar-refractivity contribution in [2.75, 3.05) is 13.2 Å². The second-order valence-electron chi connectivity index (χ2n) is 6.71. The number of aromatic nitrogens is 2. The first-order valence-electron chi connectivity index (χ1n) is 9.60. The summed E-state index contributed by atoms with van der Waals surface area (Å²) in [6, 6.07) is 25.0. The minimum Gasteiger partial charge on any atom is -0.490 e. The maximum atomic E-state index is 12.8. The van der Waals surface area contributed by atoms with E-state index in [-0.39, 0.29) is 5.56 Å². The highest BCUT2D eigenvalue weighted by atomic mass is 32.1. The molecule has 0 atom stereocenters. The third-order valence-corrected chi connectivity index (χ3v) is 5.66. The third-order valence-electron chi connectivity index (χ3n) is 4.69. The molecule has 5 nitrogen and oxygen atoms in total. The van der Waals surface area contributed by atoms with Gasteiger partial charge >= 0.3 is 0 Å². The third kappa shape index (κ3) is 3.65. The van der Waals surface area contributed by atoms with Gasteiger partial charge in [0.25, 0.3) is 5.56 Å². The number of para-hydroxylation sites is 3. The van der Waals surface area contributed by atoms with Crippen molar-refractivity contribution in [2.45, 2.75) is 0 Å². The molecule has 5 aromatic rings. The molecule has 148 valence electrons. The number of hydrogen-bond acceptors (Lipinski definition) is 5. The van der Waals surface area contributed by atoms with E-state index in [0.29, 0.717) is 22.7 Å². The van der Waals surface area contributed by atoms with Crippen molar-refractivity contribution >= 4 is 33.4 Å². The molecule has 0 aliphatic heterocycles. The highest BCUT2D eigenvalue weighted by molar-refractivity contribution is 7.15. The average Bonchev–Trinajstić information content (AvgIpc) is 3.29. The molecular weight excluding hydrogens is 396 g/mol. The predicted molar refractivity (Wildman–Crippen MR) is 120 cm³/mol. The number of ether oxygens (including phenoxy) is 2. The largest absolute Gasteiger partial charge is 0.490 e. The van der Waals surface area contributed by atoms with Crippen LogP contribution in [0.5, 0.6) is 11.5 Å². The summed E-state index contributed by atoms with van der Waals surface area (Å²) in [5, 5.41) is 0. The van der Waals surface area contributed by atoms with Gasteiger partial charge in [-0.3, -0.25) is 4.79 Å². The molecule has 0 unspecified atom stereocenters. The summed E-state index contributed by atoms with van der Waals surface area (Å²) in [5.74, 6) is 1.59. The van der Waals surface area contributed by atoms with Gasteiger partial charge in [0.1, 0.15) is 24.7 Å². The van der Waals surface area contributed by atoms with E-state index in [1.807, 2.05) is 84.9 Å². The lowest BCUT2D eigenvalue weighted by atomic mass is 10.2. The lowest BCUT2D eigenvalue weighted by Gasteiger charge is -2.08. The lowest BCUT2D eigenvalue weighted by Crippen LogP contribution is -2.22. The Labute approximate surface area is 176 Å². The molecular formula is C24H18N2O3S. The molecule has 0 amide bonds. The fourth-order valence-electron chi connectivity index (χ4n) is 3.26. The Morgan fingerprint density at radius 3 is 2.27 bits per heavy atom. The minimum absolute atomic E-state index is 0.0397. The average molecular weight is 414 g/mol. The number of hydrogen-bond donors (Lipinski definition) is 0. The first-order valence-corrected chi connectivity index (χ1v) is 10.4. The van der Waals surface area contributed by atoms with Crippen molar-refractivity contribution in [1.29, 1.82) is 0 Å². The molecule has 0 fully saturated rings. The quantitative estimate of drug-likeness (QED) is 0.395. The van der Waals surface area contributed by atoms with Crippen LogP contribution in [0.2, 0.25) is 0 Å². The summed E-state index contributed by atoms with van der Waals surface area (Å²) in [4.78, 5) is 18.1. The highest BCUT2D eigenvalue weighted by Crippen LogP contribution is 2.16. The topological polar surface area (TPSA) is 52.8 Å². The fourth-order valence-corrected chi connectivity index (χ4v) is 4.25. The summed E-state index contributed by atoms with van der Waals surface area (Å²) in [5.41, 5.74) is 2.58. The van der Waals surface area contributed by atoms with Gasteiger partial charge in [-0.15, -0.1) is 0 Å². The van der Waals surface area contributed by atoms with Crippen LogP contribution in [0.25, 0.3) is 22.1 Å². The van der Waals surface area contributed by atoms with E-state index < -0.39 is 0 Å². The second-order valence-corrected chi connectivity index (χ2v) is 7.72. The van der Waals surface area contributed by atoms with Gasteiger partial charge in [0.05, 0.1) is 15.6 Å². The van der Waals surface area contributed by atoms with Gasteiger partial charge in [0, 0.05) is 0 Å². The molecule has 2 heterocycles. The molecule has 2 aromatic heterocycles. The predicted octanol–water partition coefficient (Wildman–Crippen LogP) is 3.91. The first-order chi connectivity index (χ1) is 14.8. The van der Waals surface area contributed by atoms with Crippen LogP contribution < -0.4 is 19.6 Å². The molecule has 0 aliphatic carbocycles. The van der Waals surface area contributed by atoms with Crippen molar-refractivity contribution in [3.05, 3.63) is 99.3 Å². The van der Waals surface area contributed by atoms with Gasteiger partial charge in [-0.25, -0.2) is 9.38 Å². The number of thiazole rings is 1. The molecule has 0 bridgehead atoms. The van der Waals surface area contributed by atoms with Crippen molar-refractivity contribution in [3.63, 3.8) is 0 Å². The number of imidazole rings is 1. The van der Waals surface area contributed by atoms with Gasteiger partial charge in [0.15, 0.2) is 4.96 Å². The Hall–Kier alpha value is -3.64. The lowest BCUT2D eigenvalue weighted by molar-refractivity contribution is 0.217. The molecule has 0 N–H and O–H groups in total. The molecule has 0 saturated carbocycles. The van der Waals surface area contributed by atoms with Crippen molar-refractivity contribution in [2.24, 2.45) is 0 Å². The zero-order valence-corrected chi connectivity index (χ0v) is 16.8. The van der Waals surface area contributed by atoms with Crippen molar-refractivity contribution in [3.8, 4) is 11.5 Å². The highest BCUT2D eigenvalue weighted by Gasteiger charge is 2.10. The number of rotatable bonds is 6. The molecule has 6 heteroatoms. The minimum atomic E-state index is -0.0397. The number of nitrogens with zero attached hydrogens (tertiary/aromatic N) is 2. The Kier molecular flexibility index (Phi) is 4.91. The van der Waals surface area contributed by atoms with E-state index in [2.05, 4.69) is 4.98 Å². The smallest absolute Gasteiger partial charge is 0.274 e. The molecule has 3 aromatic carbocycles. The van der Waals surface area contributed by atoms with Crippen LogP contribution in [0.15, 0.2) is 83.7 Å². The van der Waals surface area contributed by atoms with Crippen LogP contribution in [0.3, 0.4) is 0 Å². The van der Waals surface area contributed by atoms with Crippen LogP contribution in [0, 0.1) is 0 Å². The summed E-state index contributed by atoms with van der Waals surface area (Å²) in [6.07, 6.45) is 1.89. The molecule has 0 spiro atoms. The molecule has 30 heavy (non-hydrogen) atoms. The number of fused-ring (bicyclic) bond motifs is 3. The summed E-state index contributed by atoms with van der Waals surface area (Å²) < 4.78 is 13.7. The van der Waals surface area contributed by atoms with Crippen LogP contribution in [0.4, 0.5) is 0 Å². The normalized spacial score (nSPS) is 11.9. The Morgan fingerprint density at radius 1 is 0.833 bits per heavy atom. The molecule has 0 radical (unpaired) electrons. The van der Waals surface area contributed by atoms with Crippen LogP contribution in [-0.2, 0) is 0 Å². The fraction of sp³-hybridized carbons (Fsp3) is 0.0833. The summed E-state index contributed by atoms with van der Waals surface area (Å²) >= 11 is 1.40. The SMILES string of the molecule is O=c1/c(=C\c2ccc(OCCOc3ccccc3)cc2)sc2nc3ccccc3n12. The number of benzene rings is 3. The van der Waals surface area contributed by atoms with Crippen LogP contribution in [-0.4, -0.2) is 22.6 Å². The molecule has 0 saturated heterocycles.